The maximum atomic E-state index is 13.3. The summed E-state index contributed by atoms with van der Waals surface area (Å²) in [5.74, 6) is 1.11. The number of nitro benzene ring substituents is 1. The molecular formula is C31H32N4O7. The van der Waals surface area contributed by atoms with Crippen molar-refractivity contribution in [2.45, 2.75) is 64.1 Å². The van der Waals surface area contributed by atoms with Gasteiger partial charge in [-0.2, -0.15) is 5.26 Å². The average Bonchev–Trinajstić information content (AvgIpc) is 2.93. The lowest BCUT2D eigenvalue weighted by atomic mass is 9.91. The van der Waals surface area contributed by atoms with Crippen LogP contribution < -0.4 is 20.1 Å². The number of rotatable bonds is 8. The van der Waals surface area contributed by atoms with Gasteiger partial charge in [0.25, 0.3) is 11.6 Å². The van der Waals surface area contributed by atoms with E-state index < -0.39 is 16.6 Å². The molecule has 4 rings (SSSR count). The fourth-order valence-corrected chi connectivity index (χ4v) is 4.45. The van der Waals surface area contributed by atoms with Gasteiger partial charge in [-0.05, 0) is 95.0 Å². The number of nitriles is 1. The Labute approximate surface area is 243 Å². The minimum absolute atomic E-state index is 0.0288. The van der Waals surface area contributed by atoms with Crippen LogP contribution in [0.15, 0.2) is 66.7 Å². The molecule has 0 aliphatic heterocycles. The maximum Gasteiger partial charge on any atom is 0.407 e. The van der Waals surface area contributed by atoms with E-state index >= 15 is 0 Å². The van der Waals surface area contributed by atoms with Gasteiger partial charge in [-0.25, -0.2) is 4.79 Å². The zero-order valence-electron chi connectivity index (χ0n) is 23.6. The predicted octanol–water partition coefficient (Wildman–Crippen LogP) is 6.62. The lowest BCUT2D eigenvalue weighted by Gasteiger charge is -2.30. The van der Waals surface area contributed by atoms with E-state index in [1.165, 1.54) is 24.3 Å². The molecule has 11 nitrogen and oxygen atoms in total. The molecule has 0 unspecified atom stereocenters. The quantitative estimate of drug-likeness (QED) is 0.226. The number of amides is 2. The Balaban J connectivity index is 1.46. The summed E-state index contributed by atoms with van der Waals surface area (Å²) in [5, 5.41) is 26.0. The van der Waals surface area contributed by atoms with E-state index in [4.69, 9.17) is 19.5 Å². The van der Waals surface area contributed by atoms with Gasteiger partial charge in [0.1, 0.15) is 28.6 Å². The summed E-state index contributed by atoms with van der Waals surface area (Å²) in [5.41, 5.74) is 0.131. The number of carbonyl (C=O) groups is 2. The van der Waals surface area contributed by atoms with Gasteiger partial charge in [0.05, 0.1) is 16.6 Å². The first-order valence-corrected chi connectivity index (χ1v) is 13.5. The first-order chi connectivity index (χ1) is 20.0. The summed E-state index contributed by atoms with van der Waals surface area (Å²) in [6.07, 6.45) is 2.30. The molecule has 0 atom stereocenters. The molecule has 42 heavy (non-hydrogen) atoms. The van der Waals surface area contributed by atoms with Gasteiger partial charge in [0.2, 0.25) is 0 Å². The summed E-state index contributed by atoms with van der Waals surface area (Å²) in [4.78, 5) is 35.9. The highest BCUT2D eigenvalue weighted by molar-refractivity contribution is 5.95. The second-order valence-electron chi connectivity index (χ2n) is 11.0. The molecule has 1 fully saturated rings. The van der Waals surface area contributed by atoms with Gasteiger partial charge in [-0.3, -0.25) is 14.9 Å². The van der Waals surface area contributed by atoms with Crippen molar-refractivity contribution < 1.29 is 28.7 Å². The predicted molar refractivity (Wildman–Crippen MR) is 154 cm³/mol. The molecule has 3 aromatic carbocycles. The van der Waals surface area contributed by atoms with Crippen LogP contribution in [-0.4, -0.2) is 34.6 Å². The molecule has 11 heteroatoms. The second-order valence-corrected chi connectivity index (χ2v) is 11.0. The van der Waals surface area contributed by atoms with Crippen LogP contribution in [0.5, 0.6) is 23.0 Å². The summed E-state index contributed by atoms with van der Waals surface area (Å²) in [6, 6.07) is 18.8. The van der Waals surface area contributed by atoms with Crippen LogP contribution in [0.4, 0.5) is 10.5 Å². The number of nitrogens with one attached hydrogen (secondary N) is 2. The van der Waals surface area contributed by atoms with Crippen LogP contribution in [0.2, 0.25) is 0 Å². The summed E-state index contributed by atoms with van der Waals surface area (Å²) >= 11 is 0. The van der Waals surface area contributed by atoms with Gasteiger partial charge in [-0.15, -0.1) is 0 Å². The molecule has 0 bridgehead atoms. The van der Waals surface area contributed by atoms with Crippen molar-refractivity contribution in [3.63, 3.8) is 0 Å². The van der Waals surface area contributed by atoms with Crippen molar-refractivity contribution in [1.82, 2.24) is 10.6 Å². The number of nitrogens with zero attached hydrogens (tertiary/aromatic N) is 2. The van der Waals surface area contributed by atoms with Gasteiger partial charge in [0, 0.05) is 35.8 Å². The van der Waals surface area contributed by atoms with Crippen molar-refractivity contribution >= 4 is 17.7 Å². The van der Waals surface area contributed by atoms with Crippen LogP contribution in [0, 0.1) is 21.4 Å². The average molecular weight is 573 g/mol. The highest BCUT2D eigenvalue weighted by Gasteiger charge is 2.26. The molecule has 0 aromatic heterocycles. The number of hydrogen-bond acceptors (Lipinski definition) is 8. The Morgan fingerprint density at radius 1 is 0.833 bits per heavy atom. The van der Waals surface area contributed by atoms with E-state index in [0.717, 1.165) is 0 Å². The fourth-order valence-electron chi connectivity index (χ4n) is 4.45. The highest BCUT2D eigenvalue weighted by atomic mass is 16.6. The van der Waals surface area contributed by atoms with Crippen LogP contribution >= 0.6 is 0 Å². The molecule has 1 aliphatic carbocycles. The third-order valence-electron chi connectivity index (χ3n) is 6.43. The summed E-state index contributed by atoms with van der Waals surface area (Å²) in [7, 11) is 0. The van der Waals surface area contributed by atoms with Crippen molar-refractivity contribution in [3.8, 4) is 29.1 Å². The topological polar surface area (TPSA) is 153 Å². The molecular weight excluding hydrogens is 540 g/mol. The van der Waals surface area contributed by atoms with E-state index in [2.05, 4.69) is 16.7 Å². The monoisotopic (exact) mass is 572 g/mol. The second kappa shape index (κ2) is 13.0. The zero-order chi connectivity index (χ0) is 30.3. The van der Waals surface area contributed by atoms with E-state index in [-0.39, 0.29) is 23.7 Å². The fraction of sp³-hybridized carbons (Fsp3) is 0.323. The normalized spacial score (nSPS) is 16.4. The Kier molecular flexibility index (Phi) is 9.27. The van der Waals surface area contributed by atoms with Crippen LogP contribution in [0.3, 0.4) is 0 Å². The zero-order valence-corrected chi connectivity index (χ0v) is 23.6. The van der Waals surface area contributed by atoms with E-state index in [1.54, 1.807) is 42.5 Å². The van der Waals surface area contributed by atoms with Gasteiger partial charge < -0.3 is 24.8 Å². The van der Waals surface area contributed by atoms with Crippen LogP contribution in [0.25, 0.3) is 0 Å². The molecule has 1 aliphatic rings. The summed E-state index contributed by atoms with van der Waals surface area (Å²) < 4.78 is 17.2. The summed E-state index contributed by atoms with van der Waals surface area (Å²) in [6.45, 7) is 5.43. The minimum Gasteiger partial charge on any atom is -0.457 e. The number of benzene rings is 3. The number of ether oxygens (including phenoxy) is 3. The Hall–Kier alpha value is -5.11. The van der Waals surface area contributed by atoms with Gasteiger partial charge in [0.15, 0.2) is 0 Å². The third kappa shape index (κ3) is 8.69. The maximum absolute atomic E-state index is 13.3. The van der Waals surface area contributed by atoms with Crippen LogP contribution in [0.1, 0.15) is 62.4 Å². The molecule has 1 saturated carbocycles. The lowest BCUT2D eigenvalue weighted by molar-refractivity contribution is -0.384. The number of hydrogen-bond donors (Lipinski definition) is 2. The van der Waals surface area contributed by atoms with Crippen molar-refractivity contribution in [1.29, 1.82) is 5.26 Å². The van der Waals surface area contributed by atoms with Crippen LogP contribution in [-0.2, 0) is 4.74 Å². The molecule has 218 valence electrons. The standard InChI is InChI=1S/C31H32N4O7/c1-31(2,3)42-30(37)34-23-8-6-22(7-9-23)33-29(36)21-16-27(40-25-12-4-20(19-32)5-13-25)18-28(17-21)41-26-14-10-24(11-15-26)35(38)39/h4-5,10-18,22-23H,6-9H2,1-3H3,(H,33,36)(H,34,37). The SMILES string of the molecule is CC(C)(C)OC(=O)NC1CCC(NC(=O)c2cc(Oc3ccc(C#N)cc3)cc(Oc3ccc([N+](=O)[O-])cc3)c2)CC1. The molecule has 2 amide bonds. The Morgan fingerprint density at radius 2 is 1.33 bits per heavy atom. The molecule has 0 radical (unpaired) electrons. The Morgan fingerprint density at radius 3 is 1.81 bits per heavy atom. The molecule has 2 N–H and O–H groups in total. The number of alkyl carbamates (subject to hydrolysis) is 1. The number of nitro groups is 1. The van der Waals surface area contributed by atoms with Gasteiger partial charge >= 0.3 is 6.09 Å². The first kappa shape index (κ1) is 29.9. The smallest absolute Gasteiger partial charge is 0.407 e. The van der Waals surface area contributed by atoms with Crippen molar-refractivity contribution in [2.75, 3.05) is 0 Å². The van der Waals surface area contributed by atoms with Crippen molar-refractivity contribution in [3.05, 3.63) is 88.0 Å². The van der Waals surface area contributed by atoms with E-state index in [9.17, 15) is 19.7 Å². The van der Waals surface area contributed by atoms with E-state index in [0.29, 0.717) is 59.8 Å². The molecule has 0 saturated heterocycles. The molecule has 3 aromatic rings. The Bertz CT molecular complexity index is 1470. The number of carbonyl (C=O) groups excluding carboxylic acids is 2. The molecule has 0 heterocycles. The van der Waals surface area contributed by atoms with Crippen molar-refractivity contribution in [2.24, 2.45) is 0 Å². The minimum atomic E-state index is -0.575. The molecule has 0 spiro atoms. The number of non-ortho nitro benzene ring substituents is 1. The largest absolute Gasteiger partial charge is 0.457 e. The first-order valence-electron chi connectivity index (χ1n) is 13.5. The van der Waals surface area contributed by atoms with Gasteiger partial charge in [-0.1, -0.05) is 0 Å². The van der Waals surface area contributed by atoms with E-state index in [1.807, 2.05) is 20.8 Å². The highest BCUT2D eigenvalue weighted by Crippen LogP contribution is 2.32. The third-order valence-corrected chi connectivity index (χ3v) is 6.43. The lowest BCUT2D eigenvalue weighted by Crippen LogP contribution is -2.45.